The van der Waals surface area contributed by atoms with E-state index in [0.717, 1.165) is 17.9 Å². The first kappa shape index (κ1) is 13.9. The molecule has 0 radical (unpaired) electrons. The largest absolute Gasteiger partial charge is 0.508 e. The van der Waals surface area contributed by atoms with Crippen LogP contribution in [0.3, 0.4) is 0 Å². The van der Waals surface area contributed by atoms with E-state index in [4.69, 9.17) is 5.73 Å². The monoisotopic (exact) mass is 262 g/mol. The molecule has 2 rings (SSSR count). The van der Waals surface area contributed by atoms with Gasteiger partial charge in [-0.1, -0.05) is 25.0 Å². The van der Waals surface area contributed by atoms with Gasteiger partial charge in [0.25, 0.3) is 0 Å². The number of carbonyl (C=O) groups is 1. The number of benzene rings is 1. The molecule has 4 N–H and O–H groups in total. The summed E-state index contributed by atoms with van der Waals surface area (Å²) in [5.74, 6) is 0.921. The van der Waals surface area contributed by atoms with Crippen molar-refractivity contribution in [2.75, 3.05) is 0 Å². The molecule has 0 bridgehead atoms. The quantitative estimate of drug-likeness (QED) is 0.728. The Morgan fingerprint density at radius 1 is 1.42 bits per heavy atom. The third-order valence-electron chi connectivity index (χ3n) is 3.50. The highest BCUT2D eigenvalue weighted by atomic mass is 16.3. The van der Waals surface area contributed by atoms with Crippen molar-refractivity contribution in [1.29, 1.82) is 0 Å². The van der Waals surface area contributed by atoms with Crippen LogP contribution in [0.1, 0.15) is 31.7 Å². The molecule has 1 unspecified atom stereocenters. The summed E-state index contributed by atoms with van der Waals surface area (Å²) in [4.78, 5) is 11.9. The van der Waals surface area contributed by atoms with Crippen LogP contribution < -0.4 is 11.1 Å². The average molecular weight is 262 g/mol. The van der Waals surface area contributed by atoms with Gasteiger partial charge in [-0.2, -0.15) is 0 Å². The second-order valence-electron chi connectivity index (χ2n) is 5.57. The van der Waals surface area contributed by atoms with E-state index in [2.05, 4.69) is 5.32 Å². The van der Waals surface area contributed by atoms with Crippen molar-refractivity contribution in [3.63, 3.8) is 0 Å². The van der Waals surface area contributed by atoms with Crippen molar-refractivity contribution in [3.05, 3.63) is 29.8 Å². The summed E-state index contributed by atoms with van der Waals surface area (Å²) in [6.07, 6.45) is 4.12. The van der Waals surface area contributed by atoms with Gasteiger partial charge in [-0.05, 0) is 43.4 Å². The van der Waals surface area contributed by atoms with Crippen molar-refractivity contribution in [2.24, 2.45) is 11.7 Å². The first-order chi connectivity index (χ1) is 9.04. The number of phenolic OH excluding ortho intramolecular Hbond substituents is 1. The van der Waals surface area contributed by atoms with Gasteiger partial charge < -0.3 is 16.2 Å². The SMILES string of the molecule is CC(CC1CC1)NC(=O)[C@@H](N)Cc1ccc(O)cc1. The summed E-state index contributed by atoms with van der Waals surface area (Å²) in [7, 11) is 0. The van der Waals surface area contributed by atoms with Crippen molar-refractivity contribution in [1.82, 2.24) is 5.32 Å². The van der Waals surface area contributed by atoms with Gasteiger partial charge in [0.2, 0.25) is 5.91 Å². The predicted octanol–water partition coefficient (Wildman–Crippen LogP) is 1.57. The van der Waals surface area contributed by atoms with Gasteiger partial charge in [-0.25, -0.2) is 0 Å². The van der Waals surface area contributed by atoms with Gasteiger partial charge in [-0.3, -0.25) is 4.79 Å². The van der Waals surface area contributed by atoms with Gasteiger partial charge in [-0.15, -0.1) is 0 Å². The van der Waals surface area contributed by atoms with Gasteiger partial charge in [0.15, 0.2) is 0 Å². The summed E-state index contributed by atoms with van der Waals surface area (Å²) in [6.45, 7) is 2.03. The Morgan fingerprint density at radius 3 is 2.63 bits per heavy atom. The van der Waals surface area contributed by atoms with E-state index < -0.39 is 6.04 Å². The van der Waals surface area contributed by atoms with E-state index >= 15 is 0 Å². The van der Waals surface area contributed by atoms with Crippen LogP contribution in [0.25, 0.3) is 0 Å². The minimum absolute atomic E-state index is 0.0961. The predicted molar refractivity (Wildman–Crippen MR) is 74.7 cm³/mol. The molecule has 0 heterocycles. The van der Waals surface area contributed by atoms with Crippen LogP contribution in [0.4, 0.5) is 0 Å². The fourth-order valence-electron chi connectivity index (χ4n) is 2.24. The van der Waals surface area contributed by atoms with E-state index in [-0.39, 0.29) is 17.7 Å². The molecule has 4 nitrogen and oxygen atoms in total. The molecule has 2 atom stereocenters. The molecule has 1 fully saturated rings. The third-order valence-corrected chi connectivity index (χ3v) is 3.50. The van der Waals surface area contributed by atoms with Crippen LogP contribution in [-0.4, -0.2) is 23.1 Å². The summed E-state index contributed by atoms with van der Waals surface area (Å²) in [5, 5.41) is 12.2. The minimum atomic E-state index is -0.536. The first-order valence-electron chi connectivity index (χ1n) is 6.88. The minimum Gasteiger partial charge on any atom is -0.508 e. The lowest BCUT2D eigenvalue weighted by Gasteiger charge is -2.17. The molecule has 0 aromatic heterocycles. The van der Waals surface area contributed by atoms with Crippen LogP contribution >= 0.6 is 0 Å². The molecular formula is C15H22N2O2. The molecule has 1 aliphatic rings. The Kier molecular flexibility index (Phi) is 4.43. The first-order valence-corrected chi connectivity index (χ1v) is 6.88. The lowest BCUT2D eigenvalue weighted by atomic mass is 10.0. The average Bonchev–Trinajstić information content (AvgIpc) is 3.15. The van der Waals surface area contributed by atoms with E-state index in [0.29, 0.717) is 6.42 Å². The zero-order valence-electron chi connectivity index (χ0n) is 11.3. The fraction of sp³-hybridized carbons (Fsp3) is 0.533. The maximum atomic E-state index is 11.9. The lowest BCUT2D eigenvalue weighted by Crippen LogP contribution is -2.45. The Bertz CT molecular complexity index is 426. The highest BCUT2D eigenvalue weighted by Crippen LogP contribution is 2.33. The summed E-state index contributed by atoms with van der Waals surface area (Å²) >= 11 is 0. The lowest BCUT2D eigenvalue weighted by molar-refractivity contribution is -0.123. The molecule has 19 heavy (non-hydrogen) atoms. The Balaban J connectivity index is 1.79. The van der Waals surface area contributed by atoms with Gasteiger partial charge >= 0.3 is 0 Å². The fourth-order valence-corrected chi connectivity index (χ4v) is 2.24. The summed E-state index contributed by atoms with van der Waals surface area (Å²) in [6, 6.07) is 6.45. The summed E-state index contributed by atoms with van der Waals surface area (Å²) in [5.41, 5.74) is 6.86. The van der Waals surface area contributed by atoms with Gasteiger partial charge in [0.1, 0.15) is 5.75 Å². The molecule has 104 valence electrons. The molecule has 1 aromatic carbocycles. The van der Waals surface area contributed by atoms with Crippen molar-refractivity contribution >= 4 is 5.91 Å². The number of hydrogen-bond acceptors (Lipinski definition) is 3. The van der Waals surface area contributed by atoms with E-state index in [1.165, 1.54) is 12.8 Å². The van der Waals surface area contributed by atoms with E-state index in [1.54, 1.807) is 24.3 Å². The third kappa shape index (κ3) is 4.56. The number of amides is 1. The molecule has 1 aliphatic carbocycles. The standard InChI is InChI=1S/C15H22N2O2/c1-10(8-11-2-3-11)17-15(19)14(16)9-12-4-6-13(18)7-5-12/h4-7,10-11,14,18H,2-3,8-9,16H2,1H3,(H,17,19)/t10?,14-/m0/s1. The van der Waals surface area contributed by atoms with Crippen molar-refractivity contribution in [3.8, 4) is 5.75 Å². The molecule has 0 spiro atoms. The molecule has 0 aliphatic heterocycles. The number of phenols is 1. The smallest absolute Gasteiger partial charge is 0.237 e. The normalized spacial score (nSPS) is 17.8. The second kappa shape index (κ2) is 6.06. The Labute approximate surface area is 114 Å². The highest BCUT2D eigenvalue weighted by Gasteiger charge is 2.25. The number of nitrogens with one attached hydrogen (secondary N) is 1. The number of hydrogen-bond donors (Lipinski definition) is 3. The molecule has 1 amide bonds. The maximum Gasteiger partial charge on any atom is 0.237 e. The highest BCUT2D eigenvalue weighted by molar-refractivity contribution is 5.82. The van der Waals surface area contributed by atoms with Crippen LogP contribution in [0.2, 0.25) is 0 Å². The maximum absolute atomic E-state index is 11.9. The molecule has 1 aromatic rings. The van der Waals surface area contributed by atoms with E-state index in [9.17, 15) is 9.90 Å². The summed E-state index contributed by atoms with van der Waals surface area (Å²) < 4.78 is 0. The Hall–Kier alpha value is -1.55. The topological polar surface area (TPSA) is 75.4 Å². The second-order valence-corrected chi connectivity index (χ2v) is 5.57. The van der Waals surface area contributed by atoms with Crippen molar-refractivity contribution in [2.45, 2.75) is 44.7 Å². The van der Waals surface area contributed by atoms with Crippen molar-refractivity contribution < 1.29 is 9.90 Å². The molecule has 4 heteroatoms. The van der Waals surface area contributed by atoms with Crippen LogP contribution in [0.5, 0.6) is 5.75 Å². The molecule has 1 saturated carbocycles. The van der Waals surface area contributed by atoms with Crippen LogP contribution in [-0.2, 0) is 11.2 Å². The Morgan fingerprint density at radius 2 is 2.05 bits per heavy atom. The van der Waals surface area contributed by atoms with E-state index in [1.807, 2.05) is 6.92 Å². The van der Waals surface area contributed by atoms with Crippen LogP contribution in [0, 0.1) is 5.92 Å². The zero-order chi connectivity index (χ0) is 13.8. The van der Waals surface area contributed by atoms with Gasteiger partial charge in [0.05, 0.1) is 6.04 Å². The molecular weight excluding hydrogens is 240 g/mol. The number of nitrogens with two attached hydrogens (primary N) is 1. The number of carbonyl (C=O) groups excluding carboxylic acids is 1. The zero-order valence-corrected chi connectivity index (χ0v) is 11.3. The molecule has 0 saturated heterocycles. The van der Waals surface area contributed by atoms with Gasteiger partial charge in [0, 0.05) is 6.04 Å². The number of aromatic hydroxyl groups is 1. The van der Waals surface area contributed by atoms with Crippen LogP contribution in [0.15, 0.2) is 24.3 Å². The number of rotatable bonds is 6.